The number of aliphatic carboxylic acids is 1. The van der Waals surface area contributed by atoms with E-state index in [1.165, 1.54) is 0 Å². The Kier molecular flexibility index (Phi) is 4.69. The molecule has 0 aliphatic rings. The normalized spacial score (nSPS) is 11.2. The highest BCUT2D eigenvalue weighted by Crippen LogP contribution is 2.19. The van der Waals surface area contributed by atoms with E-state index in [9.17, 15) is 9.59 Å². The number of thiophene rings is 1. The summed E-state index contributed by atoms with van der Waals surface area (Å²) >= 11 is 1.56. The van der Waals surface area contributed by atoms with E-state index in [1.54, 1.807) is 25.2 Å². The Morgan fingerprint density at radius 1 is 1.47 bits per heavy atom. The largest absolute Gasteiger partial charge is 0.481 e. The summed E-state index contributed by atoms with van der Waals surface area (Å²) in [7, 11) is 0. The number of amides is 1. The molecule has 0 aromatic carbocycles. The predicted octanol–water partition coefficient (Wildman–Crippen LogP) is 1.91. The van der Waals surface area contributed by atoms with Gasteiger partial charge < -0.3 is 10.4 Å². The average molecular weight is 255 g/mol. The van der Waals surface area contributed by atoms with Gasteiger partial charge in [-0.25, -0.2) is 0 Å². The number of carbonyl (C=O) groups excluding carboxylic acids is 1. The third-order valence-electron chi connectivity index (χ3n) is 2.60. The lowest BCUT2D eigenvalue weighted by Crippen LogP contribution is -2.32. The SMILES string of the molecule is CC(C)(CCNC(=O)Cc1ccsc1)C(=O)O. The third kappa shape index (κ3) is 4.56. The number of carbonyl (C=O) groups is 2. The van der Waals surface area contributed by atoms with Gasteiger partial charge in [0.1, 0.15) is 0 Å². The van der Waals surface area contributed by atoms with E-state index in [4.69, 9.17) is 5.11 Å². The van der Waals surface area contributed by atoms with Gasteiger partial charge in [0.05, 0.1) is 11.8 Å². The zero-order valence-electron chi connectivity index (χ0n) is 10.0. The van der Waals surface area contributed by atoms with Crippen molar-refractivity contribution in [2.75, 3.05) is 6.54 Å². The molecule has 0 unspecified atom stereocenters. The fraction of sp³-hybridized carbons (Fsp3) is 0.500. The van der Waals surface area contributed by atoms with E-state index < -0.39 is 11.4 Å². The summed E-state index contributed by atoms with van der Waals surface area (Å²) in [5.74, 6) is -0.908. The number of hydrogen-bond donors (Lipinski definition) is 2. The van der Waals surface area contributed by atoms with Crippen molar-refractivity contribution in [3.8, 4) is 0 Å². The number of rotatable bonds is 6. The van der Waals surface area contributed by atoms with Crippen LogP contribution in [0.25, 0.3) is 0 Å². The van der Waals surface area contributed by atoms with Crippen molar-refractivity contribution >= 4 is 23.2 Å². The zero-order valence-corrected chi connectivity index (χ0v) is 10.8. The Morgan fingerprint density at radius 3 is 2.71 bits per heavy atom. The summed E-state index contributed by atoms with van der Waals surface area (Å²) in [5, 5.41) is 15.5. The quantitative estimate of drug-likeness (QED) is 0.816. The van der Waals surface area contributed by atoms with Crippen molar-refractivity contribution in [1.29, 1.82) is 0 Å². The summed E-state index contributed by atoms with van der Waals surface area (Å²) in [6, 6.07) is 1.91. The van der Waals surface area contributed by atoms with Gasteiger partial charge in [-0.15, -0.1) is 0 Å². The third-order valence-corrected chi connectivity index (χ3v) is 3.33. The Morgan fingerprint density at radius 2 is 2.18 bits per heavy atom. The van der Waals surface area contributed by atoms with Crippen LogP contribution < -0.4 is 5.32 Å². The molecular formula is C12H17NO3S. The Labute approximate surface area is 105 Å². The predicted molar refractivity (Wildman–Crippen MR) is 67.1 cm³/mol. The zero-order chi connectivity index (χ0) is 12.9. The molecule has 1 aromatic rings. The maximum atomic E-state index is 11.5. The van der Waals surface area contributed by atoms with Crippen LogP contribution in [0.1, 0.15) is 25.8 Å². The molecule has 94 valence electrons. The molecule has 17 heavy (non-hydrogen) atoms. The summed E-state index contributed by atoms with van der Waals surface area (Å²) in [6.07, 6.45) is 0.786. The molecule has 0 bridgehead atoms. The maximum absolute atomic E-state index is 11.5. The standard InChI is InChI=1S/C12H17NO3S/c1-12(2,11(15)16)4-5-13-10(14)7-9-3-6-17-8-9/h3,6,8H,4-5,7H2,1-2H3,(H,13,14)(H,15,16). The molecule has 0 saturated carbocycles. The minimum Gasteiger partial charge on any atom is -0.481 e. The van der Waals surface area contributed by atoms with Gasteiger partial charge in [-0.3, -0.25) is 9.59 Å². The topological polar surface area (TPSA) is 66.4 Å². The van der Waals surface area contributed by atoms with Gasteiger partial charge in [0.15, 0.2) is 0 Å². The lowest BCUT2D eigenvalue weighted by Gasteiger charge is -2.18. The average Bonchev–Trinajstić information content (AvgIpc) is 2.69. The van der Waals surface area contributed by atoms with Gasteiger partial charge >= 0.3 is 5.97 Å². The molecule has 1 rings (SSSR count). The molecule has 0 radical (unpaired) electrons. The minimum atomic E-state index is -0.843. The van der Waals surface area contributed by atoms with Gasteiger partial charge in [-0.05, 0) is 42.7 Å². The van der Waals surface area contributed by atoms with Crippen molar-refractivity contribution < 1.29 is 14.7 Å². The summed E-state index contributed by atoms with van der Waals surface area (Å²) < 4.78 is 0. The molecule has 0 aliphatic heterocycles. The fourth-order valence-electron chi connectivity index (χ4n) is 1.26. The van der Waals surface area contributed by atoms with Gasteiger partial charge in [0.25, 0.3) is 0 Å². The smallest absolute Gasteiger partial charge is 0.309 e. The first-order chi connectivity index (χ1) is 7.92. The van der Waals surface area contributed by atoms with Crippen LogP contribution >= 0.6 is 11.3 Å². The Hall–Kier alpha value is -1.36. The van der Waals surface area contributed by atoms with Crippen molar-refractivity contribution in [2.24, 2.45) is 5.41 Å². The number of hydrogen-bond acceptors (Lipinski definition) is 3. The first-order valence-electron chi connectivity index (χ1n) is 5.43. The van der Waals surface area contributed by atoms with E-state index in [0.717, 1.165) is 5.56 Å². The van der Waals surface area contributed by atoms with Crippen LogP contribution in [-0.4, -0.2) is 23.5 Å². The summed E-state index contributed by atoms with van der Waals surface area (Å²) in [6.45, 7) is 3.70. The summed E-state index contributed by atoms with van der Waals surface area (Å²) in [4.78, 5) is 22.4. The highest BCUT2D eigenvalue weighted by atomic mass is 32.1. The van der Waals surface area contributed by atoms with Crippen LogP contribution in [0.4, 0.5) is 0 Å². The molecule has 1 aromatic heterocycles. The molecule has 0 fully saturated rings. The molecule has 2 N–H and O–H groups in total. The molecule has 0 aliphatic carbocycles. The van der Waals surface area contributed by atoms with Gasteiger partial charge in [-0.2, -0.15) is 11.3 Å². The highest BCUT2D eigenvalue weighted by molar-refractivity contribution is 7.07. The Bertz CT molecular complexity index is 384. The van der Waals surface area contributed by atoms with Crippen molar-refractivity contribution in [3.63, 3.8) is 0 Å². The number of carboxylic acid groups (broad SMARTS) is 1. The molecule has 5 heteroatoms. The van der Waals surface area contributed by atoms with E-state index in [0.29, 0.717) is 19.4 Å². The van der Waals surface area contributed by atoms with Crippen LogP contribution in [0.5, 0.6) is 0 Å². The second-order valence-electron chi connectivity index (χ2n) is 4.60. The van der Waals surface area contributed by atoms with E-state index in [1.807, 2.05) is 16.8 Å². The lowest BCUT2D eigenvalue weighted by molar-refractivity contribution is -0.147. The van der Waals surface area contributed by atoms with Gasteiger partial charge in [-0.1, -0.05) is 0 Å². The number of nitrogens with one attached hydrogen (secondary N) is 1. The molecule has 0 atom stereocenters. The highest BCUT2D eigenvalue weighted by Gasteiger charge is 2.26. The van der Waals surface area contributed by atoms with E-state index >= 15 is 0 Å². The molecule has 0 saturated heterocycles. The van der Waals surface area contributed by atoms with E-state index in [2.05, 4.69) is 5.32 Å². The monoisotopic (exact) mass is 255 g/mol. The first-order valence-corrected chi connectivity index (χ1v) is 6.37. The summed E-state index contributed by atoms with van der Waals surface area (Å²) in [5.41, 5.74) is 0.195. The lowest BCUT2D eigenvalue weighted by atomic mass is 9.90. The van der Waals surface area contributed by atoms with Gasteiger partial charge in [0, 0.05) is 6.54 Å². The van der Waals surface area contributed by atoms with Crippen LogP contribution in [0.3, 0.4) is 0 Å². The van der Waals surface area contributed by atoms with Crippen molar-refractivity contribution in [1.82, 2.24) is 5.32 Å². The maximum Gasteiger partial charge on any atom is 0.309 e. The van der Waals surface area contributed by atoms with Crippen LogP contribution in [0.15, 0.2) is 16.8 Å². The van der Waals surface area contributed by atoms with Crippen LogP contribution in [0.2, 0.25) is 0 Å². The van der Waals surface area contributed by atoms with Crippen LogP contribution in [-0.2, 0) is 16.0 Å². The number of carboxylic acids is 1. The molecule has 1 heterocycles. The van der Waals surface area contributed by atoms with Crippen molar-refractivity contribution in [2.45, 2.75) is 26.7 Å². The van der Waals surface area contributed by atoms with Gasteiger partial charge in [0.2, 0.25) is 5.91 Å². The fourth-order valence-corrected chi connectivity index (χ4v) is 1.93. The second kappa shape index (κ2) is 5.82. The first kappa shape index (κ1) is 13.7. The second-order valence-corrected chi connectivity index (χ2v) is 5.38. The van der Waals surface area contributed by atoms with Crippen LogP contribution in [0, 0.1) is 5.41 Å². The van der Waals surface area contributed by atoms with E-state index in [-0.39, 0.29) is 5.91 Å². The Balaban J connectivity index is 2.27. The minimum absolute atomic E-state index is 0.0652. The molecule has 0 spiro atoms. The van der Waals surface area contributed by atoms with Crippen molar-refractivity contribution in [3.05, 3.63) is 22.4 Å². The molecular weight excluding hydrogens is 238 g/mol. The molecule has 1 amide bonds. The molecule has 4 nitrogen and oxygen atoms in total.